The van der Waals surface area contributed by atoms with Crippen molar-refractivity contribution in [3.63, 3.8) is 0 Å². The lowest BCUT2D eigenvalue weighted by Gasteiger charge is -2.35. The molecule has 0 saturated heterocycles. The molecule has 1 aliphatic carbocycles. The second kappa shape index (κ2) is 8.62. The van der Waals surface area contributed by atoms with Crippen LogP contribution in [-0.4, -0.2) is 48.7 Å². The molecule has 12 heteroatoms. The van der Waals surface area contributed by atoms with Gasteiger partial charge >= 0.3 is 12.3 Å². The highest BCUT2D eigenvalue weighted by molar-refractivity contribution is 7.17. The SMILES string of the molecule is CNC(=O)c1csc2c(C(F)(F)F)cc(OC3CC(NC(=O)OCCCl)C3)nc12. The summed E-state index contributed by atoms with van der Waals surface area (Å²) in [6.07, 6.45) is -4.87. The summed E-state index contributed by atoms with van der Waals surface area (Å²) < 4.78 is 50.7. The third-order valence-corrected chi connectivity index (χ3v) is 5.45. The van der Waals surface area contributed by atoms with Crippen LogP contribution in [0.25, 0.3) is 10.2 Å². The Kier molecular flexibility index (Phi) is 6.37. The Morgan fingerprint density at radius 3 is 2.72 bits per heavy atom. The second-order valence-corrected chi connectivity index (χ2v) is 7.55. The van der Waals surface area contributed by atoms with E-state index in [-0.39, 0.29) is 40.2 Å². The van der Waals surface area contributed by atoms with E-state index < -0.39 is 29.8 Å². The summed E-state index contributed by atoms with van der Waals surface area (Å²) in [6, 6.07) is 0.623. The van der Waals surface area contributed by atoms with Crippen molar-refractivity contribution in [2.75, 3.05) is 19.5 Å². The van der Waals surface area contributed by atoms with E-state index in [1.54, 1.807) is 0 Å². The van der Waals surface area contributed by atoms with Gasteiger partial charge in [-0.05, 0) is 0 Å². The lowest BCUT2D eigenvalue weighted by atomic mass is 9.89. The number of carbonyl (C=O) groups is 2. The molecule has 3 rings (SSSR count). The van der Waals surface area contributed by atoms with E-state index in [1.165, 1.54) is 12.4 Å². The van der Waals surface area contributed by atoms with Gasteiger partial charge in [-0.2, -0.15) is 13.2 Å². The third kappa shape index (κ3) is 4.84. The normalized spacial score (nSPS) is 18.8. The minimum Gasteiger partial charge on any atom is -0.474 e. The summed E-state index contributed by atoms with van der Waals surface area (Å²) in [5, 5.41) is 6.33. The number of alkyl halides is 4. The van der Waals surface area contributed by atoms with Gasteiger partial charge < -0.3 is 20.1 Å². The van der Waals surface area contributed by atoms with Crippen molar-refractivity contribution < 1.29 is 32.2 Å². The second-order valence-electron chi connectivity index (χ2n) is 6.29. The molecule has 29 heavy (non-hydrogen) atoms. The average Bonchev–Trinajstić information content (AvgIpc) is 3.06. The maximum Gasteiger partial charge on any atom is 0.418 e. The van der Waals surface area contributed by atoms with Crippen molar-refractivity contribution >= 4 is 45.2 Å². The molecule has 1 fully saturated rings. The Labute approximate surface area is 172 Å². The van der Waals surface area contributed by atoms with Gasteiger partial charge in [0.25, 0.3) is 5.91 Å². The number of halogens is 4. The van der Waals surface area contributed by atoms with Gasteiger partial charge in [0, 0.05) is 37.4 Å². The van der Waals surface area contributed by atoms with Crippen LogP contribution in [0.2, 0.25) is 0 Å². The smallest absolute Gasteiger partial charge is 0.418 e. The van der Waals surface area contributed by atoms with Crippen molar-refractivity contribution in [3.8, 4) is 5.88 Å². The van der Waals surface area contributed by atoms with Crippen LogP contribution >= 0.6 is 22.9 Å². The fourth-order valence-electron chi connectivity index (χ4n) is 2.84. The van der Waals surface area contributed by atoms with Gasteiger partial charge in [-0.15, -0.1) is 22.9 Å². The predicted molar refractivity (Wildman–Crippen MR) is 101 cm³/mol. The van der Waals surface area contributed by atoms with Crippen LogP contribution in [0.5, 0.6) is 5.88 Å². The largest absolute Gasteiger partial charge is 0.474 e. The average molecular weight is 452 g/mol. The molecule has 2 heterocycles. The first kappa shape index (κ1) is 21.4. The summed E-state index contributed by atoms with van der Waals surface area (Å²) in [5.74, 6) is -0.570. The van der Waals surface area contributed by atoms with E-state index in [4.69, 9.17) is 21.1 Å². The van der Waals surface area contributed by atoms with Crippen LogP contribution in [0.15, 0.2) is 11.4 Å². The van der Waals surface area contributed by atoms with Crippen molar-refractivity contribution in [2.24, 2.45) is 0 Å². The maximum absolute atomic E-state index is 13.5. The van der Waals surface area contributed by atoms with E-state index in [1.807, 2.05) is 0 Å². The molecule has 1 aliphatic rings. The molecule has 7 nitrogen and oxygen atoms in total. The van der Waals surface area contributed by atoms with Gasteiger partial charge in [-0.1, -0.05) is 0 Å². The van der Waals surface area contributed by atoms with Crippen molar-refractivity contribution in [3.05, 3.63) is 22.6 Å². The molecule has 2 aromatic rings. The Morgan fingerprint density at radius 2 is 2.10 bits per heavy atom. The topological polar surface area (TPSA) is 89.6 Å². The van der Waals surface area contributed by atoms with E-state index in [0.29, 0.717) is 12.8 Å². The molecular weight excluding hydrogens is 435 g/mol. The lowest BCUT2D eigenvalue weighted by Crippen LogP contribution is -2.49. The number of nitrogens with one attached hydrogen (secondary N) is 2. The van der Waals surface area contributed by atoms with E-state index in [9.17, 15) is 22.8 Å². The number of rotatable bonds is 6. The number of fused-ring (bicyclic) bond motifs is 1. The Hall–Kier alpha value is -2.27. The van der Waals surface area contributed by atoms with Crippen LogP contribution in [0.3, 0.4) is 0 Å². The van der Waals surface area contributed by atoms with Gasteiger partial charge in [0.1, 0.15) is 12.7 Å². The molecule has 0 aliphatic heterocycles. The zero-order valence-electron chi connectivity index (χ0n) is 15.1. The van der Waals surface area contributed by atoms with Crippen molar-refractivity contribution in [2.45, 2.75) is 31.2 Å². The van der Waals surface area contributed by atoms with Gasteiger partial charge in [0.05, 0.1) is 27.2 Å². The summed E-state index contributed by atoms with van der Waals surface area (Å²) in [7, 11) is 1.39. The Balaban J connectivity index is 1.75. The number of alkyl carbamates (subject to hydrolysis) is 1. The van der Waals surface area contributed by atoms with Crippen LogP contribution in [0.4, 0.5) is 18.0 Å². The maximum atomic E-state index is 13.5. The summed E-state index contributed by atoms with van der Waals surface area (Å²) >= 11 is 6.23. The highest BCUT2D eigenvalue weighted by Gasteiger charge is 2.37. The number of aromatic nitrogens is 1. The molecule has 0 unspecified atom stereocenters. The van der Waals surface area contributed by atoms with Gasteiger partial charge in [-0.3, -0.25) is 4.79 Å². The lowest BCUT2D eigenvalue weighted by molar-refractivity contribution is -0.136. The summed E-state index contributed by atoms with van der Waals surface area (Å²) in [4.78, 5) is 27.5. The van der Waals surface area contributed by atoms with Gasteiger partial charge in [0.2, 0.25) is 5.88 Å². The molecule has 0 atom stereocenters. The number of thiophene rings is 1. The predicted octanol–water partition coefficient (Wildman–Crippen LogP) is 3.55. The molecule has 0 bridgehead atoms. The molecular formula is C17H17ClF3N3O4S. The molecule has 1 saturated carbocycles. The number of hydrogen-bond donors (Lipinski definition) is 2. The third-order valence-electron chi connectivity index (χ3n) is 4.29. The van der Waals surface area contributed by atoms with E-state index >= 15 is 0 Å². The molecule has 0 spiro atoms. The highest BCUT2D eigenvalue weighted by Crippen LogP contribution is 2.40. The van der Waals surface area contributed by atoms with Crippen LogP contribution in [0.1, 0.15) is 28.8 Å². The van der Waals surface area contributed by atoms with Crippen molar-refractivity contribution in [1.82, 2.24) is 15.6 Å². The number of nitrogens with zero attached hydrogens (tertiary/aromatic N) is 1. The summed E-state index contributed by atoms with van der Waals surface area (Å²) in [6.45, 7) is 0.0818. The zero-order chi connectivity index (χ0) is 21.2. The van der Waals surface area contributed by atoms with Crippen LogP contribution < -0.4 is 15.4 Å². The number of pyridine rings is 1. The van der Waals surface area contributed by atoms with Crippen LogP contribution in [0, 0.1) is 0 Å². The van der Waals surface area contributed by atoms with E-state index in [0.717, 1.165) is 17.4 Å². The van der Waals surface area contributed by atoms with Crippen molar-refractivity contribution in [1.29, 1.82) is 0 Å². The monoisotopic (exact) mass is 451 g/mol. The first-order chi connectivity index (χ1) is 13.7. The molecule has 2 N–H and O–H groups in total. The number of carbonyl (C=O) groups excluding carboxylic acids is 2. The molecule has 2 aromatic heterocycles. The first-order valence-electron chi connectivity index (χ1n) is 8.60. The minimum absolute atomic E-state index is 0.0543. The first-order valence-corrected chi connectivity index (χ1v) is 10.0. The standard InChI is InChI=1S/C17H17ClF3N3O4S/c1-22-15(25)10-7-29-14-11(17(19,20)21)6-12(24-13(10)14)28-9-4-8(5-9)23-16(26)27-3-2-18/h6-9H,2-5H2,1H3,(H,22,25)(H,23,26). The van der Waals surface area contributed by atoms with E-state index in [2.05, 4.69) is 15.6 Å². The number of hydrogen-bond acceptors (Lipinski definition) is 6. The Bertz CT molecular complexity index is 915. The quantitative estimate of drug-likeness (QED) is 0.656. The molecule has 2 amide bonds. The highest BCUT2D eigenvalue weighted by atomic mass is 35.5. The fraction of sp³-hybridized carbons (Fsp3) is 0.471. The fourth-order valence-corrected chi connectivity index (χ4v) is 3.94. The summed E-state index contributed by atoms with van der Waals surface area (Å²) in [5.41, 5.74) is -0.909. The zero-order valence-corrected chi connectivity index (χ0v) is 16.7. The Morgan fingerprint density at radius 1 is 1.38 bits per heavy atom. The molecule has 0 aromatic carbocycles. The number of ether oxygens (including phenoxy) is 2. The molecule has 158 valence electrons. The minimum atomic E-state index is -4.63. The number of amides is 2. The van der Waals surface area contributed by atoms with Gasteiger partial charge in [-0.25, -0.2) is 9.78 Å². The van der Waals surface area contributed by atoms with Gasteiger partial charge in [0.15, 0.2) is 0 Å². The van der Waals surface area contributed by atoms with Crippen LogP contribution in [-0.2, 0) is 10.9 Å². The molecule has 0 radical (unpaired) electrons.